The van der Waals surface area contributed by atoms with Gasteiger partial charge in [0, 0.05) is 5.02 Å². The summed E-state index contributed by atoms with van der Waals surface area (Å²) in [6.07, 6.45) is 0. The molecule has 0 aliphatic heterocycles. The first kappa shape index (κ1) is 14.4. The van der Waals surface area contributed by atoms with E-state index in [1.807, 2.05) is 0 Å². The van der Waals surface area contributed by atoms with Crippen molar-refractivity contribution in [3.63, 3.8) is 0 Å². The van der Waals surface area contributed by atoms with Crippen molar-refractivity contribution in [2.75, 3.05) is 12.4 Å². The highest BCUT2D eigenvalue weighted by atomic mass is 35.5. The summed E-state index contributed by atoms with van der Waals surface area (Å²) in [5.41, 5.74) is -0.974. The minimum Gasteiger partial charge on any atom is -0.495 e. The lowest BCUT2D eigenvalue weighted by Crippen LogP contribution is -2.06. The summed E-state index contributed by atoms with van der Waals surface area (Å²) in [6.45, 7) is 0. The molecule has 0 spiro atoms. The van der Waals surface area contributed by atoms with Crippen LogP contribution in [0.3, 0.4) is 0 Å². The smallest absolute Gasteiger partial charge is 0.253 e. The van der Waals surface area contributed by atoms with Crippen LogP contribution in [-0.2, 0) is 0 Å². The van der Waals surface area contributed by atoms with Gasteiger partial charge in [-0.3, -0.25) is 0 Å². The van der Waals surface area contributed by atoms with Crippen molar-refractivity contribution in [3.8, 4) is 5.75 Å². The molecule has 0 unspecified atom stereocenters. The number of rotatable bonds is 3. The lowest BCUT2D eigenvalue weighted by Gasteiger charge is -2.13. The van der Waals surface area contributed by atoms with Gasteiger partial charge in [-0.15, -0.1) is 0 Å². The Morgan fingerprint density at radius 2 is 1.70 bits per heavy atom. The molecule has 0 aliphatic rings. The first-order valence-corrected chi connectivity index (χ1v) is 5.62. The number of hydrogen-bond acceptors (Lipinski definition) is 3. The summed E-state index contributed by atoms with van der Waals surface area (Å²) in [5.74, 6) is -6.62. The molecule has 2 aromatic rings. The lowest BCUT2D eigenvalue weighted by molar-refractivity contribution is 0.409. The molecule has 0 bridgehead atoms. The van der Waals surface area contributed by atoms with E-state index in [0.717, 1.165) is 0 Å². The number of nitrogens with zero attached hydrogens (tertiary/aromatic N) is 1. The van der Waals surface area contributed by atoms with Crippen LogP contribution in [0, 0.1) is 23.5 Å². The maximum atomic E-state index is 13.5. The number of hydrogen-bond donors (Lipinski definition) is 1. The summed E-state index contributed by atoms with van der Waals surface area (Å²) in [6, 6.07) is 4.19. The molecule has 1 aromatic carbocycles. The highest BCUT2D eigenvalue weighted by Gasteiger charge is 2.21. The van der Waals surface area contributed by atoms with E-state index in [1.165, 1.54) is 25.3 Å². The minimum absolute atomic E-state index is 0.0443. The van der Waals surface area contributed by atoms with Crippen LogP contribution in [0.15, 0.2) is 18.2 Å². The van der Waals surface area contributed by atoms with E-state index in [-0.39, 0.29) is 16.5 Å². The van der Waals surface area contributed by atoms with Gasteiger partial charge in [-0.2, -0.15) is 22.5 Å². The number of methoxy groups -OCH3 is 1. The predicted molar refractivity (Wildman–Crippen MR) is 65.4 cm³/mol. The largest absolute Gasteiger partial charge is 0.495 e. The van der Waals surface area contributed by atoms with Crippen molar-refractivity contribution in [2.24, 2.45) is 0 Å². The summed E-state index contributed by atoms with van der Waals surface area (Å²) < 4.78 is 57.9. The standard InChI is InChI=1S/C12H7ClF4N2O/c1-20-7-3-2-5(13)4-6(7)18-10-8(14)11(16)19-12(17)9(10)15/h2-4H,1H3,(H,18,19). The van der Waals surface area contributed by atoms with Crippen molar-refractivity contribution in [1.82, 2.24) is 4.98 Å². The van der Waals surface area contributed by atoms with Gasteiger partial charge in [0.1, 0.15) is 11.4 Å². The van der Waals surface area contributed by atoms with Gasteiger partial charge in [-0.1, -0.05) is 11.6 Å². The fraction of sp³-hybridized carbons (Fsp3) is 0.0833. The second-order valence-electron chi connectivity index (χ2n) is 3.67. The van der Waals surface area contributed by atoms with Gasteiger partial charge in [0.25, 0.3) is 11.9 Å². The monoisotopic (exact) mass is 306 g/mol. The van der Waals surface area contributed by atoms with E-state index in [1.54, 1.807) is 0 Å². The molecule has 0 saturated carbocycles. The van der Waals surface area contributed by atoms with Crippen LogP contribution in [0.25, 0.3) is 0 Å². The molecule has 0 atom stereocenters. The number of pyridine rings is 1. The van der Waals surface area contributed by atoms with Gasteiger partial charge in [-0.25, -0.2) is 0 Å². The van der Waals surface area contributed by atoms with Crippen molar-refractivity contribution < 1.29 is 22.3 Å². The van der Waals surface area contributed by atoms with Crippen LogP contribution in [0.5, 0.6) is 5.75 Å². The molecule has 0 aliphatic carbocycles. The van der Waals surface area contributed by atoms with Gasteiger partial charge in [-0.05, 0) is 18.2 Å². The number of nitrogens with one attached hydrogen (secondary N) is 1. The summed E-state index contributed by atoms with van der Waals surface area (Å²) in [4.78, 5) is 2.45. The molecule has 1 N–H and O–H groups in total. The molecule has 0 amide bonds. The molecule has 2 rings (SSSR count). The van der Waals surface area contributed by atoms with Gasteiger partial charge >= 0.3 is 0 Å². The third-order valence-electron chi connectivity index (χ3n) is 2.42. The van der Waals surface area contributed by atoms with Gasteiger partial charge in [0.05, 0.1) is 12.8 Å². The highest BCUT2D eigenvalue weighted by molar-refractivity contribution is 6.31. The number of benzene rings is 1. The molecular weight excluding hydrogens is 300 g/mol. The van der Waals surface area contributed by atoms with Crippen molar-refractivity contribution in [3.05, 3.63) is 46.8 Å². The van der Waals surface area contributed by atoms with Crippen LogP contribution < -0.4 is 10.1 Å². The van der Waals surface area contributed by atoms with Gasteiger partial charge in [0.2, 0.25) is 11.6 Å². The van der Waals surface area contributed by atoms with Crippen LogP contribution in [-0.4, -0.2) is 12.1 Å². The van der Waals surface area contributed by atoms with Gasteiger partial charge < -0.3 is 10.1 Å². The molecule has 1 aromatic heterocycles. The van der Waals surface area contributed by atoms with Crippen molar-refractivity contribution in [1.29, 1.82) is 0 Å². The number of aromatic nitrogens is 1. The first-order valence-electron chi connectivity index (χ1n) is 5.24. The summed E-state index contributed by atoms with van der Waals surface area (Å²) in [5, 5.41) is 2.44. The van der Waals surface area contributed by atoms with E-state index in [2.05, 4.69) is 10.3 Å². The van der Waals surface area contributed by atoms with E-state index in [4.69, 9.17) is 16.3 Å². The number of anilines is 2. The van der Waals surface area contributed by atoms with E-state index in [0.29, 0.717) is 0 Å². The van der Waals surface area contributed by atoms with Crippen LogP contribution in [0.1, 0.15) is 0 Å². The fourth-order valence-corrected chi connectivity index (χ4v) is 1.68. The highest BCUT2D eigenvalue weighted by Crippen LogP contribution is 2.33. The summed E-state index contributed by atoms with van der Waals surface area (Å²) >= 11 is 5.74. The Labute approximate surface area is 116 Å². The van der Waals surface area contributed by atoms with E-state index in [9.17, 15) is 17.6 Å². The molecule has 106 valence electrons. The Morgan fingerprint density at radius 3 is 2.25 bits per heavy atom. The van der Waals surface area contributed by atoms with Gasteiger partial charge in [0.15, 0.2) is 0 Å². The van der Waals surface area contributed by atoms with Crippen molar-refractivity contribution in [2.45, 2.75) is 0 Å². The lowest BCUT2D eigenvalue weighted by atomic mass is 10.2. The van der Waals surface area contributed by atoms with Crippen LogP contribution in [0.2, 0.25) is 5.02 Å². The average molecular weight is 307 g/mol. The predicted octanol–water partition coefficient (Wildman–Crippen LogP) is 4.04. The molecule has 0 radical (unpaired) electrons. The Balaban J connectivity index is 2.53. The number of halogens is 5. The minimum atomic E-state index is -1.76. The molecule has 20 heavy (non-hydrogen) atoms. The Bertz CT molecular complexity index is 640. The fourth-order valence-electron chi connectivity index (χ4n) is 1.51. The zero-order chi connectivity index (χ0) is 14.9. The Kier molecular flexibility index (Phi) is 3.99. The molecule has 3 nitrogen and oxygen atoms in total. The van der Waals surface area contributed by atoms with Crippen LogP contribution >= 0.6 is 11.6 Å². The molecule has 0 saturated heterocycles. The van der Waals surface area contributed by atoms with E-state index >= 15 is 0 Å². The molecule has 8 heteroatoms. The third-order valence-corrected chi connectivity index (χ3v) is 2.65. The maximum Gasteiger partial charge on any atom is 0.253 e. The molecule has 0 fully saturated rings. The van der Waals surface area contributed by atoms with Crippen molar-refractivity contribution >= 4 is 23.0 Å². The second kappa shape index (κ2) is 5.54. The quantitative estimate of drug-likeness (QED) is 0.686. The summed E-state index contributed by atoms with van der Waals surface area (Å²) in [7, 11) is 1.31. The normalized spacial score (nSPS) is 10.5. The van der Waals surface area contributed by atoms with E-state index < -0.39 is 29.2 Å². The third kappa shape index (κ3) is 2.62. The second-order valence-corrected chi connectivity index (χ2v) is 4.10. The SMILES string of the molecule is COc1ccc(Cl)cc1Nc1c(F)c(F)nc(F)c1F. The molecule has 1 heterocycles. The Morgan fingerprint density at radius 1 is 1.10 bits per heavy atom. The number of ether oxygens (including phenoxy) is 1. The zero-order valence-corrected chi connectivity index (χ0v) is 10.7. The Hall–Kier alpha value is -2.02. The average Bonchev–Trinajstić information content (AvgIpc) is 2.41. The topological polar surface area (TPSA) is 34.1 Å². The zero-order valence-electron chi connectivity index (χ0n) is 9.98. The maximum absolute atomic E-state index is 13.5. The first-order chi connectivity index (χ1) is 9.43. The van der Waals surface area contributed by atoms with Crippen LogP contribution in [0.4, 0.5) is 28.9 Å². The molecular formula is C12H7ClF4N2O.